The Balaban J connectivity index is 2.02. The number of benzene rings is 2. The molecule has 25 heavy (non-hydrogen) atoms. The molecule has 1 unspecified atom stereocenters. The van der Waals surface area contributed by atoms with Gasteiger partial charge in [-0.15, -0.1) is 0 Å². The summed E-state index contributed by atoms with van der Waals surface area (Å²) in [5, 5.41) is 0. The van der Waals surface area contributed by atoms with Gasteiger partial charge in [0.1, 0.15) is 6.61 Å². The van der Waals surface area contributed by atoms with E-state index in [-0.39, 0.29) is 17.7 Å². The number of ether oxygens (including phenoxy) is 2. The van der Waals surface area contributed by atoms with Crippen LogP contribution in [0.2, 0.25) is 0 Å². The standard InChI is InChI=1S/C21H27NO3/c1-15(2)18(21(22)23)11-9-16-10-12-19(20(13-16)24-3)25-14-17-7-5-4-6-8-17/h4-8,10,12-13,15,18H,9,11,14H2,1-3H3,(H2,22,23). The molecule has 2 rings (SSSR count). The Hall–Kier alpha value is -2.49. The average Bonchev–Trinajstić information content (AvgIpc) is 2.60. The molecule has 0 spiro atoms. The number of nitrogens with two attached hydrogens (primary N) is 1. The molecule has 4 nitrogen and oxygen atoms in total. The van der Waals surface area contributed by atoms with Crippen molar-refractivity contribution in [2.24, 2.45) is 17.6 Å². The maximum atomic E-state index is 11.5. The van der Waals surface area contributed by atoms with E-state index in [1.165, 1.54) is 0 Å². The minimum atomic E-state index is -0.232. The van der Waals surface area contributed by atoms with E-state index in [0.29, 0.717) is 18.1 Å². The van der Waals surface area contributed by atoms with Gasteiger partial charge >= 0.3 is 0 Å². The van der Waals surface area contributed by atoms with Gasteiger partial charge in [0.2, 0.25) is 5.91 Å². The third-order valence-electron chi connectivity index (χ3n) is 4.38. The Morgan fingerprint density at radius 3 is 2.36 bits per heavy atom. The summed E-state index contributed by atoms with van der Waals surface area (Å²) in [6.45, 7) is 4.54. The fraction of sp³-hybridized carbons (Fsp3) is 0.381. The van der Waals surface area contributed by atoms with E-state index in [4.69, 9.17) is 15.2 Å². The normalized spacial score (nSPS) is 12.0. The van der Waals surface area contributed by atoms with Crippen LogP contribution >= 0.6 is 0 Å². The topological polar surface area (TPSA) is 61.5 Å². The van der Waals surface area contributed by atoms with Crippen LogP contribution in [0.4, 0.5) is 0 Å². The second-order valence-electron chi connectivity index (χ2n) is 6.55. The van der Waals surface area contributed by atoms with Gasteiger partial charge in [-0.05, 0) is 42.0 Å². The molecule has 0 aliphatic carbocycles. The molecule has 2 aromatic carbocycles. The van der Waals surface area contributed by atoms with Crippen LogP contribution in [0.1, 0.15) is 31.4 Å². The summed E-state index contributed by atoms with van der Waals surface area (Å²) in [7, 11) is 1.63. The number of hydrogen-bond acceptors (Lipinski definition) is 3. The van der Waals surface area contributed by atoms with Gasteiger partial charge in [0.25, 0.3) is 0 Å². The molecule has 0 fully saturated rings. The minimum Gasteiger partial charge on any atom is -0.493 e. The van der Waals surface area contributed by atoms with Gasteiger partial charge in [-0.25, -0.2) is 0 Å². The number of carbonyl (C=O) groups excluding carboxylic acids is 1. The molecule has 0 saturated carbocycles. The van der Waals surface area contributed by atoms with Gasteiger partial charge in [0, 0.05) is 5.92 Å². The lowest BCUT2D eigenvalue weighted by molar-refractivity contribution is -0.123. The molecule has 0 aromatic heterocycles. The number of aryl methyl sites for hydroxylation is 1. The number of hydrogen-bond donors (Lipinski definition) is 1. The second-order valence-corrected chi connectivity index (χ2v) is 6.55. The lowest BCUT2D eigenvalue weighted by atomic mass is 9.89. The third kappa shape index (κ3) is 5.52. The Morgan fingerprint density at radius 2 is 1.76 bits per heavy atom. The highest BCUT2D eigenvalue weighted by Crippen LogP contribution is 2.30. The zero-order valence-corrected chi connectivity index (χ0v) is 15.2. The van der Waals surface area contributed by atoms with E-state index in [2.05, 4.69) is 0 Å². The maximum absolute atomic E-state index is 11.5. The highest BCUT2D eigenvalue weighted by Gasteiger charge is 2.19. The molecule has 1 atom stereocenters. The third-order valence-corrected chi connectivity index (χ3v) is 4.38. The molecule has 0 aliphatic rings. The molecule has 0 heterocycles. The second kappa shape index (κ2) is 9.11. The zero-order valence-electron chi connectivity index (χ0n) is 15.2. The van der Waals surface area contributed by atoms with E-state index < -0.39 is 0 Å². The predicted molar refractivity (Wildman–Crippen MR) is 99.6 cm³/mol. The van der Waals surface area contributed by atoms with Crippen molar-refractivity contribution >= 4 is 5.91 Å². The van der Waals surface area contributed by atoms with Gasteiger partial charge in [-0.1, -0.05) is 50.2 Å². The van der Waals surface area contributed by atoms with E-state index in [1.807, 2.05) is 62.4 Å². The fourth-order valence-corrected chi connectivity index (χ4v) is 2.85. The van der Waals surface area contributed by atoms with E-state index in [9.17, 15) is 4.79 Å². The van der Waals surface area contributed by atoms with Crippen molar-refractivity contribution in [1.29, 1.82) is 0 Å². The van der Waals surface area contributed by atoms with Crippen molar-refractivity contribution < 1.29 is 14.3 Å². The summed E-state index contributed by atoms with van der Waals surface area (Å²) in [6.07, 6.45) is 1.52. The van der Waals surface area contributed by atoms with Crippen LogP contribution in [-0.4, -0.2) is 13.0 Å². The van der Waals surface area contributed by atoms with E-state index >= 15 is 0 Å². The molecular formula is C21H27NO3. The van der Waals surface area contributed by atoms with Crippen molar-refractivity contribution in [3.8, 4) is 11.5 Å². The monoisotopic (exact) mass is 341 g/mol. The number of rotatable bonds is 9. The van der Waals surface area contributed by atoms with Crippen LogP contribution in [0.25, 0.3) is 0 Å². The highest BCUT2D eigenvalue weighted by molar-refractivity contribution is 5.76. The molecule has 0 aliphatic heterocycles. The Labute approximate surface area is 150 Å². The van der Waals surface area contributed by atoms with E-state index in [1.54, 1.807) is 7.11 Å². The predicted octanol–water partition coefficient (Wildman–Crippen LogP) is 3.96. The Morgan fingerprint density at radius 1 is 1.04 bits per heavy atom. The molecule has 0 saturated heterocycles. The first-order valence-corrected chi connectivity index (χ1v) is 8.64. The summed E-state index contributed by atoms with van der Waals surface area (Å²) in [6, 6.07) is 15.9. The summed E-state index contributed by atoms with van der Waals surface area (Å²) in [4.78, 5) is 11.5. The minimum absolute atomic E-state index is 0.111. The highest BCUT2D eigenvalue weighted by atomic mass is 16.5. The lowest BCUT2D eigenvalue weighted by Crippen LogP contribution is -2.27. The van der Waals surface area contributed by atoms with Crippen LogP contribution in [0, 0.1) is 11.8 Å². The first-order chi connectivity index (χ1) is 12.0. The van der Waals surface area contributed by atoms with Crippen molar-refractivity contribution in [2.45, 2.75) is 33.3 Å². The first-order valence-electron chi connectivity index (χ1n) is 8.64. The lowest BCUT2D eigenvalue weighted by Gasteiger charge is -2.17. The SMILES string of the molecule is COc1cc(CCC(C(N)=O)C(C)C)ccc1OCc1ccccc1. The van der Waals surface area contributed by atoms with Gasteiger partial charge in [0.05, 0.1) is 7.11 Å². The van der Waals surface area contributed by atoms with Crippen molar-refractivity contribution in [3.63, 3.8) is 0 Å². The number of amides is 1. The molecule has 1 amide bonds. The summed E-state index contributed by atoms with van der Waals surface area (Å²) < 4.78 is 11.3. The quantitative estimate of drug-likeness (QED) is 0.751. The van der Waals surface area contributed by atoms with Crippen LogP contribution in [-0.2, 0) is 17.8 Å². The van der Waals surface area contributed by atoms with Gasteiger partial charge in [-0.3, -0.25) is 4.79 Å². The molecule has 134 valence electrons. The summed E-state index contributed by atoms with van der Waals surface area (Å²) >= 11 is 0. The Kier molecular flexibility index (Phi) is 6.87. The molecule has 2 N–H and O–H groups in total. The van der Waals surface area contributed by atoms with Gasteiger partial charge < -0.3 is 15.2 Å². The summed E-state index contributed by atoms with van der Waals surface area (Å²) in [5.74, 6) is 1.32. The zero-order chi connectivity index (χ0) is 18.2. The molecule has 2 aromatic rings. The molecular weight excluding hydrogens is 314 g/mol. The smallest absolute Gasteiger partial charge is 0.220 e. The van der Waals surface area contributed by atoms with Crippen LogP contribution in [0.3, 0.4) is 0 Å². The van der Waals surface area contributed by atoms with Crippen molar-refractivity contribution in [2.75, 3.05) is 7.11 Å². The maximum Gasteiger partial charge on any atom is 0.220 e. The first kappa shape index (κ1) is 18.8. The van der Waals surface area contributed by atoms with Gasteiger partial charge in [-0.2, -0.15) is 0 Å². The Bertz CT molecular complexity index is 683. The van der Waals surface area contributed by atoms with Gasteiger partial charge in [0.15, 0.2) is 11.5 Å². The number of primary amides is 1. The average molecular weight is 341 g/mol. The van der Waals surface area contributed by atoms with Crippen LogP contribution in [0.15, 0.2) is 48.5 Å². The molecule has 4 heteroatoms. The van der Waals surface area contributed by atoms with Crippen molar-refractivity contribution in [1.82, 2.24) is 0 Å². The van der Waals surface area contributed by atoms with Crippen LogP contribution < -0.4 is 15.2 Å². The van der Waals surface area contributed by atoms with Crippen molar-refractivity contribution in [3.05, 3.63) is 59.7 Å². The summed E-state index contributed by atoms with van der Waals surface area (Å²) in [5.41, 5.74) is 7.71. The molecule has 0 radical (unpaired) electrons. The number of carbonyl (C=O) groups is 1. The number of methoxy groups -OCH3 is 1. The molecule has 0 bridgehead atoms. The van der Waals surface area contributed by atoms with Crippen LogP contribution in [0.5, 0.6) is 11.5 Å². The van der Waals surface area contributed by atoms with E-state index in [0.717, 1.165) is 24.0 Å². The fourth-order valence-electron chi connectivity index (χ4n) is 2.85. The largest absolute Gasteiger partial charge is 0.493 e.